The van der Waals surface area contributed by atoms with Gasteiger partial charge in [0.05, 0.1) is 18.4 Å². The van der Waals surface area contributed by atoms with Gasteiger partial charge in [-0.05, 0) is 6.07 Å². The van der Waals surface area contributed by atoms with Crippen molar-refractivity contribution in [1.29, 1.82) is 5.26 Å². The Labute approximate surface area is 90.2 Å². The number of amidine groups is 1. The van der Waals surface area contributed by atoms with Gasteiger partial charge >= 0.3 is 0 Å². The van der Waals surface area contributed by atoms with E-state index in [0.717, 1.165) is 0 Å². The Hall–Kier alpha value is -2.56. The summed E-state index contributed by atoms with van der Waals surface area (Å²) < 4.78 is 4.82. The van der Waals surface area contributed by atoms with E-state index in [2.05, 4.69) is 15.1 Å². The van der Waals surface area contributed by atoms with Gasteiger partial charge in [-0.1, -0.05) is 0 Å². The average Bonchev–Trinajstić information content (AvgIpc) is 2.75. The molecule has 0 bridgehead atoms. The highest BCUT2D eigenvalue weighted by Gasteiger charge is 2.03. The van der Waals surface area contributed by atoms with Crippen molar-refractivity contribution in [3.05, 3.63) is 34.3 Å². The topological polar surface area (TPSA) is 114 Å². The van der Waals surface area contributed by atoms with Crippen LogP contribution in [0.25, 0.3) is 0 Å². The molecule has 1 rings (SSSR count). The lowest BCUT2D eigenvalue weighted by Gasteiger charge is -2.00. The Morgan fingerprint density at radius 2 is 2.62 bits per heavy atom. The first kappa shape index (κ1) is 11.5. The Bertz CT molecular complexity index is 406. The first-order valence-corrected chi connectivity index (χ1v) is 4.23. The minimum atomic E-state index is -0.898. The Morgan fingerprint density at radius 1 is 1.81 bits per heavy atom. The van der Waals surface area contributed by atoms with Crippen molar-refractivity contribution in [2.24, 2.45) is 4.99 Å². The van der Waals surface area contributed by atoms with Crippen LogP contribution in [-0.4, -0.2) is 24.1 Å². The normalized spacial score (nSPS) is 10.6. The van der Waals surface area contributed by atoms with Crippen molar-refractivity contribution in [1.82, 2.24) is 5.32 Å². The molecule has 0 aliphatic heterocycles. The quantitative estimate of drug-likeness (QED) is 0.146. The predicted molar refractivity (Wildman–Crippen MR) is 51.8 cm³/mol. The van der Waals surface area contributed by atoms with Crippen molar-refractivity contribution in [2.75, 3.05) is 13.2 Å². The molecule has 1 aromatic heterocycles. The number of hydrogen-bond donors (Lipinski definition) is 1. The summed E-state index contributed by atoms with van der Waals surface area (Å²) in [5, 5.41) is 19.8. The largest absolute Gasteiger partial charge is 0.472 e. The fourth-order valence-corrected chi connectivity index (χ4v) is 0.928. The number of nitrogens with zero attached hydrogens (tertiary/aromatic N) is 3. The SMILES string of the molecule is N#CNC(=NCCO[N+](=O)[O-])c1ccoc1. The fourth-order valence-electron chi connectivity index (χ4n) is 0.928. The number of hydrogen-bond acceptors (Lipinski definition) is 6. The number of nitriles is 1. The summed E-state index contributed by atoms with van der Waals surface area (Å²) in [4.78, 5) is 17.8. The zero-order valence-electron chi connectivity index (χ0n) is 8.12. The summed E-state index contributed by atoms with van der Waals surface area (Å²) in [5.74, 6) is 0.281. The van der Waals surface area contributed by atoms with E-state index in [4.69, 9.17) is 9.68 Å². The van der Waals surface area contributed by atoms with Crippen LogP contribution in [0.5, 0.6) is 0 Å². The zero-order valence-corrected chi connectivity index (χ0v) is 8.12. The number of furan rings is 1. The Balaban J connectivity index is 2.54. The molecule has 0 atom stereocenters. The summed E-state index contributed by atoms with van der Waals surface area (Å²) in [6.07, 6.45) is 4.54. The smallest absolute Gasteiger partial charge is 0.294 e. The average molecular weight is 224 g/mol. The van der Waals surface area contributed by atoms with Gasteiger partial charge in [-0.3, -0.25) is 10.3 Å². The monoisotopic (exact) mass is 224 g/mol. The van der Waals surface area contributed by atoms with Gasteiger partial charge in [0.15, 0.2) is 6.19 Å². The van der Waals surface area contributed by atoms with E-state index in [0.29, 0.717) is 5.56 Å². The summed E-state index contributed by atoms with van der Waals surface area (Å²) in [6.45, 7) is -0.0996. The molecule has 16 heavy (non-hydrogen) atoms. The van der Waals surface area contributed by atoms with E-state index in [1.54, 1.807) is 12.3 Å². The second-order valence-electron chi connectivity index (χ2n) is 2.54. The molecule has 1 aromatic rings. The van der Waals surface area contributed by atoms with Gasteiger partial charge in [-0.15, -0.1) is 10.1 Å². The molecule has 84 valence electrons. The molecule has 0 radical (unpaired) electrons. The maximum absolute atomic E-state index is 9.85. The molecule has 0 aliphatic rings. The molecule has 0 amide bonds. The number of aliphatic imine (C=N–C) groups is 1. The molecule has 0 aromatic carbocycles. The highest BCUT2D eigenvalue weighted by Crippen LogP contribution is 2.00. The first-order valence-electron chi connectivity index (χ1n) is 4.23. The van der Waals surface area contributed by atoms with Crippen molar-refractivity contribution in [3.63, 3.8) is 0 Å². The van der Waals surface area contributed by atoms with Crippen molar-refractivity contribution in [2.45, 2.75) is 0 Å². The summed E-state index contributed by atoms with van der Waals surface area (Å²) >= 11 is 0. The van der Waals surface area contributed by atoms with Crippen LogP contribution in [-0.2, 0) is 4.84 Å². The number of nitrogens with one attached hydrogen (secondary N) is 1. The molecule has 1 N–H and O–H groups in total. The van der Waals surface area contributed by atoms with Gasteiger partial charge in [0, 0.05) is 0 Å². The molecule has 8 heteroatoms. The molecule has 8 nitrogen and oxygen atoms in total. The Morgan fingerprint density at radius 3 is 3.19 bits per heavy atom. The standard InChI is InChI=1S/C8H8N4O4/c9-6-11-8(7-1-3-15-5-7)10-2-4-16-12(13)14/h1,3,5H,2,4H2,(H,10,11). The van der Waals surface area contributed by atoms with Gasteiger partial charge in [0.1, 0.15) is 18.7 Å². The minimum absolute atomic E-state index is 0.0656. The molecule has 0 saturated carbocycles. The van der Waals surface area contributed by atoms with Crippen LogP contribution in [0.4, 0.5) is 0 Å². The van der Waals surface area contributed by atoms with E-state index < -0.39 is 5.09 Å². The fraction of sp³-hybridized carbons (Fsp3) is 0.250. The first-order chi connectivity index (χ1) is 7.74. The van der Waals surface area contributed by atoms with E-state index >= 15 is 0 Å². The predicted octanol–water partition coefficient (Wildman–Crippen LogP) is 0.305. The van der Waals surface area contributed by atoms with E-state index in [-0.39, 0.29) is 19.0 Å². The highest BCUT2D eigenvalue weighted by atomic mass is 16.9. The van der Waals surface area contributed by atoms with Crippen LogP contribution < -0.4 is 5.32 Å². The molecule has 0 fully saturated rings. The zero-order chi connectivity index (χ0) is 11.8. The van der Waals surface area contributed by atoms with Gasteiger partial charge in [0.2, 0.25) is 0 Å². The second kappa shape index (κ2) is 6.02. The molecular weight excluding hydrogens is 216 g/mol. The van der Waals surface area contributed by atoms with E-state index in [1.807, 2.05) is 0 Å². The third-order valence-corrected chi connectivity index (χ3v) is 1.53. The highest BCUT2D eigenvalue weighted by molar-refractivity contribution is 5.99. The second-order valence-corrected chi connectivity index (χ2v) is 2.54. The van der Waals surface area contributed by atoms with Crippen molar-refractivity contribution < 1.29 is 14.3 Å². The summed E-state index contributed by atoms with van der Waals surface area (Å²) in [7, 11) is 0. The van der Waals surface area contributed by atoms with Crippen LogP contribution in [0, 0.1) is 21.6 Å². The van der Waals surface area contributed by atoms with Crippen molar-refractivity contribution >= 4 is 5.84 Å². The van der Waals surface area contributed by atoms with E-state index in [9.17, 15) is 10.1 Å². The number of rotatable bonds is 5. The van der Waals surface area contributed by atoms with E-state index in [1.165, 1.54) is 12.5 Å². The van der Waals surface area contributed by atoms with Crippen LogP contribution in [0.15, 0.2) is 28.0 Å². The molecular formula is C8H8N4O4. The van der Waals surface area contributed by atoms with Crippen LogP contribution in [0.1, 0.15) is 5.56 Å². The molecule has 0 unspecified atom stereocenters. The maximum Gasteiger partial charge on any atom is 0.294 e. The summed E-state index contributed by atoms with van der Waals surface area (Å²) in [6, 6.07) is 1.61. The van der Waals surface area contributed by atoms with Gasteiger partial charge in [0.25, 0.3) is 5.09 Å². The van der Waals surface area contributed by atoms with Gasteiger partial charge in [-0.2, -0.15) is 5.26 Å². The lowest BCUT2D eigenvalue weighted by molar-refractivity contribution is -0.757. The van der Waals surface area contributed by atoms with Gasteiger partial charge < -0.3 is 9.25 Å². The van der Waals surface area contributed by atoms with Crippen LogP contribution in [0.2, 0.25) is 0 Å². The Kier molecular flexibility index (Phi) is 4.34. The van der Waals surface area contributed by atoms with Crippen LogP contribution in [0.3, 0.4) is 0 Å². The third-order valence-electron chi connectivity index (χ3n) is 1.53. The maximum atomic E-state index is 9.85. The molecule has 0 saturated heterocycles. The summed E-state index contributed by atoms with van der Waals surface area (Å²) in [5.41, 5.74) is 0.586. The van der Waals surface area contributed by atoms with Gasteiger partial charge in [-0.25, -0.2) is 0 Å². The minimum Gasteiger partial charge on any atom is -0.472 e. The third kappa shape index (κ3) is 3.67. The molecule has 1 heterocycles. The lowest BCUT2D eigenvalue weighted by atomic mass is 10.3. The molecule has 0 aliphatic carbocycles. The lowest BCUT2D eigenvalue weighted by Crippen LogP contribution is -2.19. The molecule has 0 spiro atoms. The van der Waals surface area contributed by atoms with Crippen molar-refractivity contribution in [3.8, 4) is 6.19 Å². The van der Waals surface area contributed by atoms with Crippen LogP contribution >= 0.6 is 0 Å².